The fraction of sp³-hybridized carbons (Fsp3) is 0.400. The normalized spacial score (nSPS) is 30.4. The van der Waals surface area contributed by atoms with E-state index in [0.717, 1.165) is 37.3 Å². The van der Waals surface area contributed by atoms with E-state index in [2.05, 4.69) is 34.1 Å². The van der Waals surface area contributed by atoms with Crippen LogP contribution in [0.4, 0.5) is 5.69 Å². The van der Waals surface area contributed by atoms with Crippen molar-refractivity contribution in [3.05, 3.63) is 65.7 Å². The number of benzene rings is 2. The van der Waals surface area contributed by atoms with Crippen LogP contribution in [0.3, 0.4) is 0 Å². The first kappa shape index (κ1) is 15.6. The van der Waals surface area contributed by atoms with Crippen LogP contribution in [-0.4, -0.2) is 46.8 Å². The third kappa shape index (κ3) is 2.25. The first-order valence-corrected chi connectivity index (χ1v) is 8.62. The summed E-state index contributed by atoms with van der Waals surface area (Å²) in [5, 5.41) is 21.8. The Hall–Kier alpha value is -1.88. The fourth-order valence-corrected chi connectivity index (χ4v) is 4.22. The summed E-state index contributed by atoms with van der Waals surface area (Å²) in [6, 6.07) is 18.1. The average molecular weight is 324 g/mol. The summed E-state index contributed by atoms with van der Waals surface area (Å²) in [6.07, 6.45) is -1.32. The molecule has 0 aromatic heterocycles. The molecule has 24 heavy (non-hydrogen) atoms. The van der Waals surface area contributed by atoms with Crippen molar-refractivity contribution in [2.75, 3.05) is 31.1 Å². The van der Waals surface area contributed by atoms with Crippen molar-refractivity contribution in [2.24, 2.45) is 0 Å². The lowest BCUT2D eigenvalue weighted by atomic mass is 9.90. The zero-order valence-corrected chi connectivity index (χ0v) is 14.0. The number of nitrogens with zero attached hydrogens (tertiary/aromatic N) is 2. The van der Waals surface area contributed by atoms with E-state index in [4.69, 9.17) is 0 Å². The molecule has 1 heterocycles. The van der Waals surface area contributed by atoms with E-state index in [1.165, 1.54) is 5.69 Å². The molecule has 4 heteroatoms. The number of piperazine rings is 1. The molecule has 0 amide bonds. The summed E-state index contributed by atoms with van der Waals surface area (Å²) in [4.78, 5) is 4.61. The van der Waals surface area contributed by atoms with Crippen LogP contribution >= 0.6 is 0 Å². The largest absolute Gasteiger partial charge is 0.386 e. The SMILES string of the molecule is CC1(N2CCN(c3ccccc3)CC2)C(O)c2ccccc2C1O. The molecule has 4 rings (SSSR count). The van der Waals surface area contributed by atoms with Crippen molar-refractivity contribution in [1.82, 2.24) is 4.90 Å². The zero-order valence-electron chi connectivity index (χ0n) is 14.0. The van der Waals surface area contributed by atoms with E-state index in [-0.39, 0.29) is 0 Å². The van der Waals surface area contributed by atoms with E-state index in [1.807, 2.05) is 37.3 Å². The van der Waals surface area contributed by atoms with Crippen molar-refractivity contribution in [3.63, 3.8) is 0 Å². The molecule has 4 nitrogen and oxygen atoms in total. The van der Waals surface area contributed by atoms with Gasteiger partial charge in [0, 0.05) is 31.9 Å². The quantitative estimate of drug-likeness (QED) is 0.890. The van der Waals surface area contributed by atoms with Gasteiger partial charge >= 0.3 is 0 Å². The van der Waals surface area contributed by atoms with Gasteiger partial charge in [0.1, 0.15) is 12.2 Å². The molecule has 2 aliphatic rings. The highest BCUT2D eigenvalue weighted by atomic mass is 16.3. The lowest BCUT2D eigenvalue weighted by Crippen LogP contribution is -2.59. The number of rotatable bonds is 2. The van der Waals surface area contributed by atoms with Crippen LogP contribution in [-0.2, 0) is 0 Å². The molecule has 2 aromatic rings. The van der Waals surface area contributed by atoms with Crippen molar-refractivity contribution >= 4 is 5.69 Å². The summed E-state index contributed by atoms with van der Waals surface area (Å²) >= 11 is 0. The molecule has 0 bridgehead atoms. The van der Waals surface area contributed by atoms with Crippen molar-refractivity contribution in [2.45, 2.75) is 24.7 Å². The number of para-hydroxylation sites is 1. The van der Waals surface area contributed by atoms with Gasteiger partial charge in [0.05, 0.1) is 5.54 Å². The monoisotopic (exact) mass is 324 g/mol. The van der Waals surface area contributed by atoms with Gasteiger partial charge in [-0.25, -0.2) is 0 Å². The summed E-state index contributed by atoms with van der Waals surface area (Å²) in [5.74, 6) is 0. The zero-order chi connectivity index (χ0) is 16.7. The molecule has 1 saturated heterocycles. The maximum atomic E-state index is 10.9. The smallest absolute Gasteiger partial charge is 0.100 e. The molecule has 2 aromatic carbocycles. The van der Waals surface area contributed by atoms with Gasteiger partial charge in [-0.05, 0) is 30.2 Å². The van der Waals surface area contributed by atoms with Crippen molar-refractivity contribution in [1.29, 1.82) is 0 Å². The van der Waals surface area contributed by atoms with Gasteiger partial charge in [0.25, 0.3) is 0 Å². The van der Waals surface area contributed by atoms with Crippen molar-refractivity contribution in [3.8, 4) is 0 Å². The summed E-state index contributed by atoms with van der Waals surface area (Å²) in [5.41, 5.74) is 2.29. The Morgan fingerprint density at radius 3 is 1.83 bits per heavy atom. The van der Waals surface area contributed by atoms with E-state index in [9.17, 15) is 10.2 Å². The Balaban J connectivity index is 1.54. The summed E-state index contributed by atoms with van der Waals surface area (Å²) in [6.45, 7) is 5.44. The van der Waals surface area contributed by atoms with Crippen molar-refractivity contribution < 1.29 is 10.2 Å². The highest BCUT2D eigenvalue weighted by Gasteiger charge is 2.52. The number of anilines is 1. The van der Waals surface area contributed by atoms with E-state index in [1.54, 1.807) is 0 Å². The minimum atomic E-state index is -0.660. The third-order valence-corrected chi connectivity index (χ3v) is 5.77. The van der Waals surface area contributed by atoms with Gasteiger partial charge in [0.2, 0.25) is 0 Å². The lowest BCUT2D eigenvalue weighted by Gasteiger charge is -2.47. The third-order valence-electron chi connectivity index (χ3n) is 5.77. The van der Waals surface area contributed by atoms with Crippen LogP contribution in [0.1, 0.15) is 30.3 Å². The second-order valence-corrected chi connectivity index (χ2v) is 6.97. The maximum absolute atomic E-state index is 10.9. The first-order valence-electron chi connectivity index (χ1n) is 8.62. The second-order valence-electron chi connectivity index (χ2n) is 6.97. The number of hydrogen-bond acceptors (Lipinski definition) is 4. The van der Waals surface area contributed by atoms with Crippen LogP contribution in [0, 0.1) is 0 Å². The molecule has 2 atom stereocenters. The second kappa shape index (κ2) is 5.88. The minimum absolute atomic E-state index is 0.660. The molecule has 0 radical (unpaired) electrons. The molecule has 1 aliphatic heterocycles. The van der Waals surface area contributed by atoms with E-state index in [0.29, 0.717) is 0 Å². The van der Waals surface area contributed by atoms with Gasteiger partial charge in [-0.2, -0.15) is 0 Å². The minimum Gasteiger partial charge on any atom is -0.386 e. The molecule has 126 valence electrons. The molecule has 1 aliphatic carbocycles. The standard InChI is InChI=1S/C20H24N2O2/c1-20(18(23)16-9-5-6-10-17(16)19(20)24)22-13-11-21(12-14-22)15-7-3-2-4-8-15/h2-10,18-19,23-24H,11-14H2,1H3. The number of aliphatic hydroxyl groups excluding tert-OH is 2. The average Bonchev–Trinajstić information content (AvgIpc) is 2.85. The highest BCUT2D eigenvalue weighted by Crippen LogP contribution is 2.50. The van der Waals surface area contributed by atoms with Crippen LogP contribution < -0.4 is 4.90 Å². The van der Waals surface area contributed by atoms with Crippen LogP contribution in [0.15, 0.2) is 54.6 Å². The predicted molar refractivity (Wildman–Crippen MR) is 95.0 cm³/mol. The number of fused-ring (bicyclic) bond motifs is 1. The highest BCUT2D eigenvalue weighted by molar-refractivity contribution is 5.47. The molecule has 0 saturated carbocycles. The van der Waals surface area contributed by atoms with Gasteiger partial charge in [-0.3, -0.25) is 4.90 Å². The Morgan fingerprint density at radius 2 is 1.29 bits per heavy atom. The van der Waals surface area contributed by atoms with E-state index >= 15 is 0 Å². The predicted octanol–water partition coefficient (Wildman–Crippen LogP) is 2.35. The lowest BCUT2D eigenvalue weighted by molar-refractivity contribution is -0.0848. The maximum Gasteiger partial charge on any atom is 0.100 e. The molecular weight excluding hydrogens is 300 g/mol. The fourth-order valence-electron chi connectivity index (χ4n) is 4.22. The first-order chi connectivity index (χ1) is 11.6. The Bertz CT molecular complexity index is 682. The Morgan fingerprint density at radius 1 is 0.792 bits per heavy atom. The molecule has 0 spiro atoms. The Labute approximate surface area is 143 Å². The number of aliphatic hydroxyl groups is 2. The molecule has 2 unspecified atom stereocenters. The summed E-state index contributed by atoms with van der Waals surface area (Å²) < 4.78 is 0. The van der Waals surface area contributed by atoms with Crippen LogP contribution in [0.5, 0.6) is 0 Å². The van der Waals surface area contributed by atoms with Crippen LogP contribution in [0.25, 0.3) is 0 Å². The summed E-state index contributed by atoms with van der Waals surface area (Å²) in [7, 11) is 0. The van der Waals surface area contributed by atoms with Crippen LogP contribution in [0.2, 0.25) is 0 Å². The van der Waals surface area contributed by atoms with E-state index < -0.39 is 17.7 Å². The molecule has 2 N–H and O–H groups in total. The van der Waals surface area contributed by atoms with Gasteiger partial charge in [-0.15, -0.1) is 0 Å². The molecular formula is C20H24N2O2. The topological polar surface area (TPSA) is 46.9 Å². The van der Waals surface area contributed by atoms with Gasteiger partial charge < -0.3 is 15.1 Å². The van der Waals surface area contributed by atoms with Gasteiger partial charge in [-0.1, -0.05) is 42.5 Å². The molecule has 1 fully saturated rings. The van der Waals surface area contributed by atoms with Gasteiger partial charge in [0.15, 0.2) is 0 Å². The number of hydrogen-bond donors (Lipinski definition) is 2. The Kier molecular flexibility index (Phi) is 3.83.